The largest absolute Gasteiger partial charge is 0.489 e. The lowest BCUT2D eigenvalue weighted by Crippen LogP contribution is -2.22. The van der Waals surface area contributed by atoms with Crippen LogP contribution in [0.2, 0.25) is 0 Å². The van der Waals surface area contributed by atoms with Crippen LogP contribution in [0, 0.1) is 0 Å². The molecule has 0 heterocycles. The molecule has 144 valence electrons. The van der Waals surface area contributed by atoms with E-state index in [1.165, 1.54) is 24.3 Å². The van der Waals surface area contributed by atoms with Crippen LogP contribution in [-0.4, -0.2) is 20.6 Å². The van der Waals surface area contributed by atoms with Crippen LogP contribution in [0.15, 0.2) is 83.8 Å². The summed E-state index contributed by atoms with van der Waals surface area (Å²) in [5.74, 6) is 0.462. The van der Waals surface area contributed by atoms with Crippen molar-refractivity contribution in [3.8, 4) is 5.75 Å². The smallest absolute Gasteiger partial charge is 0.251 e. The van der Waals surface area contributed by atoms with Crippen molar-refractivity contribution in [1.82, 2.24) is 5.32 Å². The Morgan fingerprint density at radius 2 is 1.57 bits per heavy atom. The van der Waals surface area contributed by atoms with Crippen molar-refractivity contribution in [3.63, 3.8) is 0 Å². The van der Waals surface area contributed by atoms with Crippen molar-refractivity contribution in [1.29, 1.82) is 0 Å². The van der Waals surface area contributed by atoms with Crippen LogP contribution in [0.4, 0.5) is 0 Å². The molecule has 0 fully saturated rings. The molecule has 0 saturated carbocycles. The standard InChI is InChI=1S/C22H21NO4S/c1-28(25,26)21-12-10-19(11-13-21)22(24)23-15-18-8-5-9-20(14-18)27-16-17-6-3-2-4-7-17/h2-14H,15-16H2,1H3,(H,23,24). The molecule has 0 aliphatic carbocycles. The molecule has 1 amide bonds. The maximum atomic E-state index is 12.3. The fourth-order valence-corrected chi connectivity index (χ4v) is 3.25. The predicted molar refractivity (Wildman–Crippen MR) is 108 cm³/mol. The van der Waals surface area contributed by atoms with E-state index < -0.39 is 9.84 Å². The molecule has 6 heteroatoms. The number of carbonyl (C=O) groups excluding carboxylic acids is 1. The summed E-state index contributed by atoms with van der Waals surface area (Å²) >= 11 is 0. The van der Waals surface area contributed by atoms with Gasteiger partial charge in [0.2, 0.25) is 0 Å². The first-order valence-electron chi connectivity index (χ1n) is 8.76. The monoisotopic (exact) mass is 395 g/mol. The van der Waals surface area contributed by atoms with E-state index in [-0.39, 0.29) is 10.8 Å². The molecular formula is C22H21NO4S. The second-order valence-corrected chi connectivity index (χ2v) is 8.42. The number of benzene rings is 3. The van der Waals surface area contributed by atoms with Crippen molar-refractivity contribution in [3.05, 3.63) is 95.6 Å². The number of carbonyl (C=O) groups is 1. The summed E-state index contributed by atoms with van der Waals surface area (Å²) in [4.78, 5) is 12.5. The van der Waals surface area contributed by atoms with E-state index in [0.717, 1.165) is 23.1 Å². The zero-order valence-electron chi connectivity index (χ0n) is 15.5. The summed E-state index contributed by atoms with van der Waals surface area (Å²) in [6.07, 6.45) is 1.13. The minimum absolute atomic E-state index is 0.187. The van der Waals surface area contributed by atoms with Gasteiger partial charge in [-0.1, -0.05) is 42.5 Å². The number of nitrogens with one attached hydrogen (secondary N) is 1. The number of rotatable bonds is 7. The van der Waals surface area contributed by atoms with Crippen LogP contribution in [0.5, 0.6) is 5.75 Å². The second-order valence-electron chi connectivity index (χ2n) is 6.40. The zero-order chi connectivity index (χ0) is 20.0. The van der Waals surface area contributed by atoms with Crippen LogP contribution in [-0.2, 0) is 23.0 Å². The summed E-state index contributed by atoms with van der Waals surface area (Å²) in [5.41, 5.74) is 2.40. The van der Waals surface area contributed by atoms with E-state index in [2.05, 4.69) is 5.32 Å². The Hall–Kier alpha value is -3.12. The molecule has 0 aromatic heterocycles. The van der Waals surface area contributed by atoms with E-state index in [1.807, 2.05) is 54.6 Å². The van der Waals surface area contributed by atoms with Gasteiger partial charge in [-0.25, -0.2) is 8.42 Å². The first-order chi connectivity index (χ1) is 13.4. The molecule has 0 atom stereocenters. The summed E-state index contributed by atoms with van der Waals surface area (Å²) in [6, 6.07) is 23.3. The Balaban J connectivity index is 1.57. The first-order valence-corrected chi connectivity index (χ1v) is 10.6. The van der Waals surface area contributed by atoms with Crippen LogP contribution in [0.1, 0.15) is 21.5 Å². The Kier molecular flexibility index (Phi) is 6.11. The number of amides is 1. The quantitative estimate of drug-likeness (QED) is 0.663. The van der Waals surface area contributed by atoms with Gasteiger partial charge in [0.15, 0.2) is 9.84 Å². The molecule has 0 saturated heterocycles. The Morgan fingerprint density at radius 3 is 2.25 bits per heavy atom. The molecule has 0 unspecified atom stereocenters. The van der Waals surface area contributed by atoms with Gasteiger partial charge in [0.25, 0.3) is 5.91 Å². The van der Waals surface area contributed by atoms with Crippen LogP contribution >= 0.6 is 0 Å². The molecule has 0 aliphatic rings. The van der Waals surface area contributed by atoms with E-state index in [1.54, 1.807) is 0 Å². The highest BCUT2D eigenvalue weighted by Crippen LogP contribution is 2.16. The van der Waals surface area contributed by atoms with Crippen molar-refractivity contribution in [2.24, 2.45) is 0 Å². The lowest BCUT2D eigenvalue weighted by Gasteiger charge is -2.09. The average Bonchev–Trinajstić information content (AvgIpc) is 2.71. The molecule has 1 N–H and O–H groups in total. The molecule has 28 heavy (non-hydrogen) atoms. The highest BCUT2D eigenvalue weighted by Gasteiger charge is 2.10. The van der Waals surface area contributed by atoms with E-state index in [0.29, 0.717) is 18.7 Å². The predicted octanol–water partition coefficient (Wildman–Crippen LogP) is 3.60. The summed E-state index contributed by atoms with van der Waals surface area (Å²) < 4.78 is 28.8. The third kappa shape index (κ3) is 5.44. The molecule has 5 nitrogen and oxygen atoms in total. The zero-order valence-corrected chi connectivity index (χ0v) is 16.3. The van der Waals surface area contributed by atoms with Gasteiger partial charge in [-0.2, -0.15) is 0 Å². The highest BCUT2D eigenvalue weighted by molar-refractivity contribution is 7.90. The van der Waals surface area contributed by atoms with Crippen LogP contribution in [0.3, 0.4) is 0 Å². The van der Waals surface area contributed by atoms with Gasteiger partial charge in [0, 0.05) is 18.4 Å². The van der Waals surface area contributed by atoms with Gasteiger partial charge in [-0.3, -0.25) is 4.79 Å². The molecule has 0 radical (unpaired) electrons. The van der Waals surface area contributed by atoms with Crippen LogP contribution < -0.4 is 10.1 Å². The lowest BCUT2D eigenvalue weighted by molar-refractivity contribution is 0.0950. The third-order valence-electron chi connectivity index (χ3n) is 4.14. The van der Waals surface area contributed by atoms with E-state index in [4.69, 9.17) is 4.74 Å². The molecular weight excluding hydrogens is 374 g/mol. The van der Waals surface area contributed by atoms with Gasteiger partial charge >= 0.3 is 0 Å². The maximum absolute atomic E-state index is 12.3. The SMILES string of the molecule is CS(=O)(=O)c1ccc(C(=O)NCc2cccc(OCc3ccccc3)c2)cc1. The first kappa shape index (κ1) is 19.6. The van der Waals surface area contributed by atoms with E-state index in [9.17, 15) is 13.2 Å². The fraction of sp³-hybridized carbons (Fsp3) is 0.136. The highest BCUT2D eigenvalue weighted by atomic mass is 32.2. The summed E-state index contributed by atoms with van der Waals surface area (Å²) in [6.45, 7) is 0.818. The number of ether oxygens (including phenoxy) is 1. The van der Waals surface area contributed by atoms with Crippen molar-refractivity contribution < 1.29 is 17.9 Å². The fourth-order valence-electron chi connectivity index (χ4n) is 2.62. The molecule has 0 aliphatic heterocycles. The molecule has 0 bridgehead atoms. The van der Waals surface area contributed by atoms with Crippen LogP contribution in [0.25, 0.3) is 0 Å². The number of hydrogen-bond acceptors (Lipinski definition) is 4. The lowest BCUT2D eigenvalue weighted by atomic mass is 10.2. The number of sulfone groups is 1. The Morgan fingerprint density at radius 1 is 0.893 bits per heavy atom. The van der Waals surface area contributed by atoms with Gasteiger partial charge in [0.1, 0.15) is 12.4 Å². The van der Waals surface area contributed by atoms with E-state index >= 15 is 0 Å². The summed E-state index contributed by atoms with van der Waals surface area (Å²) in [7, 11) is -3.28. The molecule has 3 aromatic carbocycles. The Bertz CT molecular complexity index is 1050. The van der Waals surface area contributed by atoms with Gasteiger partial charge in [-0.15, -0.1) is 0 Å². The topological polar surface area (TPSA) is 72.5 Å². The Labute approximate surface area is 164 Å². The van der Waals surface area contributed by atoms with Crippen molar-refractivity contribution in [2.45, 2.75) is 18.0 Å². The molecule has 3 aromatic rings. The molecule has 0 spiro atoms. The van der Waals surface area contributed by atoms with Gasteiger partial charge < -0.3 is 10.1 Å². The number of hydrogen-bond donors (Lipinski definition) is 1. The van der Waals surface area contributed by atoms with Crippen molar-refractivity contribution in [2.75, 3.05) is 6.26 Å². The maximum Gasteiger partial charge on any atom is 0.251 e. The normalized spacial score (nSPS) is 11.0. The summed E-state index contributed by atoms with van der Waals surface area (Å²) in [5, 5.41) is 2.83. The molecule has 3 rings (SSSR count). The van der Waals surface area contributed by atoms with Gasteiger partial charge in [0.05, 0.1) is 4.90 Å². The average molecular weight is 395 g/mol. The van der Waals surface area contributed by atoms with Gasteiger partial charge in [-0.05, 0) is 47.5 Å². The second kappa shape index (κ2) is 8.71. The minimum Gasteiger partial charge on any atom is -0.489 e. The van der Waals surface area contributed by atoms with Crippen molar-refractivity contribution >= 4 is 15.7 Å². The minimum atomic E-state index is -3.28. The third-order valence-corrected chi connectivity index (χ3v) is 5.27.